The van der Waals surface area contributed by atoms with E-state index in [0.717, 1.165) is 51.1 Å². The molecule has 0 N–H and O–H groups in total. The number of anilines is 1. The topological polar surface area (TPSA) is 32.8 Å². The second-order valence-electron chi connectivity index (χ2n) is 5.40. The Morgan fingerprint density at radius 1 is 1.30 bits per heavy atom. The van der Waals surface area contributed by atoms with E-state index in [1.54, 1.807) is 7.11 Å². The molecule has 0 aromatic heterocycles. The second-order valence-corrected chi connectivity index (χ2v) is 5.40. The van der Waals surface area contributed by atoms with Crippen LogP contribution >= 0.6 is 0 Å². The van der Waals surface area contributed by atoms with Crippen LogP contribution in [-0.2, 0) is 4.74 Å². The van der Waals surface area contributed by atoms with Gasteiger partial charge in [-0.25, -0.2) is 0 Å². The van der Waals surface area contributed by atoms with Crippen LogP contribution < -0.4 is 4.90 Å². The van der Waals surface area contributed by atoms with Crippen LogP contribution in [0.4, 0.5) is 5.69 Å². The third-order valence-electron chi connectivity index (χ3n) is 3.90. The number of carbonyl (C=O) groups is 1. The SMILES string of the molecule is COCCCN1CCN(c2ccc(C=O)cc2)C(C)C1. The van der Waals surface area contributed by atoms with Gasteiger partial charge in [0.05, 0.1) is 0 Å². The van der Waals surface area contributed by atoms with Gasteiger partial charge in [-0.3, -0.25) is 9.69 Å². The standard InChI is InChI=1S/C16H24N2O2/c1-14-12-17(8-3-11-20-2)9-10-18(14)16-6-4-15(13-19)5-7-16/h4-7,13-14H,3,8-12H2,1-2H3. The number of methoxy groups -OCH3 is 1. The maximum atomic E-state index is 10.7. The first-order chi connectivity index (χ1) is 9.74. The number of benzene rings is 1. The highest BCUT2D eigenvalue weighted by atomic mass is 16.5. The first kappa shape index (κ1) is 15.0. The zero-order valence-corrected chi connectivity index (χ0v) is 12.4. The van der Waals surface area contributed by atoms with Crippen LogP contribution in [0, 0.1) is 0 Å². The van der Waals surface area contributed by atoms with Crippen molar-refractivity contribution < 1.29 is 9.53 Å². The fourth-order valence-corrected chi connectivity index (χ4v) is 2.80. The minimum absolute atomic E-state index is 0.494. The smallest absolute Gasteiger partial charge is 0.150 e. The number of rotatable bonds is 6. The molecule has 1 aliphatic rings. The summed E-state index contributed by atoms with van der Waals surface area (Å²) in [5, 5.41) is 0. The summed E-state index contributed by atoms with van der Waals surface area (Å²) in [4.78, 5) is 15.6. The Labute approximate surface area is 121 Å². The highest BCUT2D eigenvalue weighted by Crippen LogP contribution is 2.20. The van der Waals surface area contributed by atoms with Crippen LogP contribution in [0.5, 0.6) is 0 Å². The third kappa shape index (κ3) is 3.81. The van der Waals surface area contributed by atoms with Gasteiger partial charge in [0.15, 0.2) is 0 Å². The van der Waals surface area contributed by atoms with Crippen molar-refractivity contribution >= 4 is 12.0 Å². The molecule has 0 spiro atoms. The molecule has 1 aromatic carbocycles. The normalized spacial score (nSPS) is 20.1. The predicted octanol–water partition coefficient (Wildman–Crippen LogP) is 2.05. The van der Waals surface area contributed by atoms with Gasteiger partial charge in [-0.05, 0) is 37.6 Å². The zero-order valence-electron chi connectivity index (χ0n) is 12.4. The summed E-state index contributed by atoms with van der Waals surface area (Å²) < 4.78 is 5.11. The summed E-state index contributed by atoms with van der Waals surface area (Å²) in [6, 6.07) is 8.36. The number of aldehydes is 1. The van der Waals surface area contributed by atoms with Crippen molar-refractivity contribution in [3.63, 3.8) is 0 Å². The molecule has 2 rings (SSSR count). The first-order valence-electron chi connectivity index (χ1n) is 7.27. The van der Waals surface area contributed by atoms with E-state index < -0.39 is 0 Å². The summed E-state index contributed by atoms with van der Waals surface area (Å²) in [5.41, 5.74) is 1.94. The van der Waals surface area contributed by atoms with E-state index in [9.17, 15) is 4.79 Å². The van der Waals surface area contributed by atoms with Crippen LogP contribution in [0.3, 0.4) is 0 Å². The summed E-state index contributed by atoms with van der Waals surface area (Å²) in [6.45, 7) is 7.41. The first-order valence-corrected chi connectivity index (χ1v) is 7.27. The number of carbonyl (C=O) groups excluding carboxylic acids is 1. The van der Waals surface area contributed by atoms with Gasteiger partial charge in [0, 0.05) is 57.2 Å². The molecular weight excluding hydrogens is 252 g/mol. The third-order valence-corrected chi connectivity index (χ3v) is 3.90. The summed E-state index contributed by atoms with van der Waals surface area (Å²) in [6.07, 6.45) is 1.98. The molecule has 110 valence electrons. The van der Waals surface area contributed by atoms with Gasteiger partial charge in [-0.2, -0.15) is 0 Å². The average molecular weight is 276 g/mol. The lowest BCUT2D eigenvalue weighted by Crippen LogP contribution is -2.52. The summed E-state index contributed by atoms with van der Waals surface area (Å²) in [5.74, 6) is 0. The van der Waals surface area contributed by atoms with Gasteiger partial charge in [0.2, 0.25) is 0 Å². The number of nitrogens with zero attached hydrogens (tertiary/aromatic N) is 2. The van der Waals surface area contributed by atoms with Crippen LogP contribution in [0.2, 0.25) is 0 Å². The fourth-order valence-electron chi connectivity index (χ4n) is 2.80. The van der Waals surface area contributed by atoms with Gasteiger partial charge in [0.25, 0.3) is 0 Å². The van der Waals surface area contributed by atoms with Crippen molar-refractivity contribution in [2.24, 2.45) is 0 Å². The molecule has 1 aromatic rings. The van der Waals surface area contributed by atoms with Crippen LogP contribution in [0.25, 0.3) is 0 Å². The lowest BCUT2D eigenvalue weighted by atomic mass is 10.1. The van der Waals surface area contributed by atoms with E-state index in [0.29, 0.717) is 6.04 Å². The molecule has 1 saturated heterocycles. The average Bonchev–Trinajstić information content (AvgIpc) is 2.48. The quantitative estimate of drug-likeness (QED) is 0.588. The molecule has 20 heavy (non-hydrogen) atoms. The molecule has 1 unspecified atom stereocenters. The Kier molecular flexibility index (Phi) is 5.56. The largest absolute Gasteiger partial charge is 0.385 e. The highest BCUT2D eigenvalue weighted by molar-refractivity contribution is 5.75. The molecule has 1 aliphatic heterocycles. The number of ether oxygens (including phenoxy) is 1. The molecule has 4 nitrogen and oxygen atoms in total. The zero-order chi connectivity index (χ0) is 14.4. The maximum absolute atomic E-state index is 10.7. The van der Waals surface area contributed by atoms with E-state index in [-0.39, 0.29) is 0 Å². The van der Waals surface area contributed by atoms with E-state index in [1.165, 1.54) is 5.69 Å². The van der Waals surface area contributed by atoms with Crippen molar-refractivity contribution in [1.29, 1.82) is 0 Å². The Morgan fingerprint density at radius 2 is 2.05 bits per heavy atom. The van der Waals surface area contributed by atoms with E-state index in [4.69, 9.17) is 4.74 Å². The van der Waals surface area contributed by atoms with Crippen LogP contribution in [0.1, 0.15) is 23.7 Å². The van der Waals surface area contributed by atoms with Crippen molar-refractivity contribution in [2.45, 2.75) is 19.4 Å². The van der Waals surface area contributed by atoms with E-state index >= 15 is 0 Å². The van der Waals surface area contributed by atoms with Gasteiger partial charge < -0.3 is 9.64 Å². The van der Waals surface area contributed by atoms with Gasteiger partial charge >= 0.3 is 0 Å². The van der Waals surface area contributed by atoms with Crippen LogP contribution in [0.15, 0.2) is 24.3 Å². The fraction of sp³-hybridized carbons (Fsp3) is 0.562. The molecule has 0 saturated carbocycles. The Morgan fingerprint density at radius 3 is 2.65 bits per heavy atom. The Bertz CT molecular complexity index is 419. The molecule has 1 heterocycles. The molecule has 1 atom stereocenters. The van der Waals surface area contributed by atoms with E-state index in [2.05, 4.69) is 16.7 Å². The monoisotopic (exact) mass is 276 g/mol. The molecule has 0 aliphatic carbocycles. The number of hydrogen-bond donors (Lipinski definition) is 0. The number of piperazine rings is 1. The Hall–Kier alpha value is -1.39. The lowest BCUT2D eigenvalue weighted by molar-refractivity contribution is 0.112. The molecule has 0 amide bonds. The van der Waals surface area contributed by atoms with Crippen molar-refractivity contribution in [2.75, 3.05) is 44.8 Å². The van der Waals surface area contributed by atoms with Crippen LogP contribution in [-0.4, -0.2) is 57.1 Å². The van der Waals surface area contributed by atoms with Gasteiger partial charge in [0.1, 0.15) is 6.29 Å². The van der Waals surface area contributed by atoms with Gasteiger partial charge in [-0.1, -0.05) is 0 Å². The van der Waals surface area contributed by atoms with Crippen molar-refractivity contribution in [3.05, 3.63) is 29.8 Å². The van der Waals surface area contributed by atoms with Crippen molar-refractivity contribution in [1.82, 2.24) is 4.90 Å². The molecule has 4 heteroatoms. The highest BCUT2D eigenvalue weighted by Gasteiger charge is 2.23. The molecular formula is C16H24N2O2. The Balaban J connectivity index is 1.90. The summed E-state index contributed by atoms with van der Waals surface area (Å²) >= 11 is 0. The lowest BCUT2D eigenvalue weighted by Gasteiger charge is -2.41. The maximum Gasteiger partial charge on any atom is 0.150 e. The minimum Gasteiger partial charge on any atom is -0.385 e. The molecule has 0 bridgehead atoms. The molecule has 1 fully saturated rings. The predicted molar refractivity (Wildman–Crippen MR) is 81.6 cm³/mol. The van der Waals surface area contributed by atoms with Gasteiger partial charge in [-0.15, -0.1) is 0 Å². The van der Waals surface area contributed by atoms with Crippen molar-refractivity contribution in [3.8, 4) is 0 Å². The molecule has 0 radical (unpaired) electrons. The second kappa shape index (κ2) is 7.41. The minimum atomic E-state index is 0.494. The van der Waals surface area contributed by atoms with E-state index in [1.807, 2.05) is 24.3 Å². The number of hydrogen-bond acceptors (Lipinski definition) is 4. The summed E-state index contributed by atoms with van der Waals surface area (Å²) in [7, 11) is 1.75.